The van der Waals surface area contributed by atoms with Gasteiger partial charge < -0.3 is 5.32 Å². The summed E-state index contributed by atoms with van der Waals surface area (Å²) in [7, 11) is 0. The summed E-state index contributed by atoms with van der Waals surface area (Å²) >= 11 is 8.24. The highest BCUT2D eigenvalue weighted by atomic mass is 127. The van der Waals surface area contributed by atoms with Crippen LogP contribution in [0.2, 0.25) is 5.02 Å². The predicted molar refractivity (Wildman–Crippen MR) is 105 cm³/mol. The number of hydrogen-bond acceptors (Lipinski definition) is 4. The van der Waals surface area contributed by atoms with E-state index in [1.165, 1.54) is 35.5 Å². The number of amides is 1. The number of anilines is 1. The molecular weight excluding hydrogens is 472 g/mol. The van der Waals surface area contributed by atoms with Gasteiger partial charge in [-0.15, -0.1) is 4.80 Å². The molecule has 0 fully saturated rings. The van der Waals surface area contributed by atoms with Crippen molar-refractivity contribution in [2.45, 2.75) is 19.8 Å². The molecule has 0 unspecified atom stereocenters. The number of carbonyl (C=O) groups is 1. The number of carbonyl (C=O) groups excluding carboxylic acids is 1. The van der Waals surface area contributed by atoms with Crippen LogP contribution in [0, 0.1) is 9.39 Å². The minimum Gasteiger partial charge on any atom is -0.320 e. The highest BCUT2D eigenvalue weighted by Crippen LogP contribution is 2.26. The number of hydrogen-bond donors (Lipinski definition) is 1. The van der Waals surface area contributed by atoms with E-state index < -0.39 is 11.7 Å². The van der Waals surface area contributed by atoms with Gasteiger partial charge in [-0.05, 0) is 52.3 Å². The van der Waals surface area contributed by atoms with Crippen LogP contribution in [-0.2, 0) is 0 Å². The number of rotatable bonds is 4. The number of nitrogens with zero attached hydrogens (tertiary/aromatic N) is 4. The monoisotopic (exact) mass is 485 g/mol. The number of halogens is 3. The van der Waals surface area contributed by atoms with Crippen LogP contribution in [0.3, 0.4) is 0 Å². The molecule has 3 aromatic rings. The van der Waals surface area contributed by atoms with Gasteiger partial charge in [0.1, 0.15) is 5.82 Å². The normalized spacial score (nSPS) is 11.0. The molecule has 1 amide bonds. The second-order valence-corrected chi connectivity index (χ2v) is 7.38. The van der Waals surface area contributed by atoms with Crippen LogP contribution < -0.4 is 5.32 Å². The highest BCUT2D eigenvalue weighted by Gasteiger charge is 2.17. The van der Waals surface area contributed by atoms with E-state index in [-0.39, 0.29) is 16.5 Å². The van der Waals surface area contributed by atoms with Crippen molar-refractivity contribution in [1.29, 1.82) is 0 Å². The first kappa shape index (κ1) is 18.7. The minimum atomic E-state index is -0.576. The average Bonchev–Trinajstić information content (AvgIpc) is 3.08. The summed E-state index contributed by atoms with van der Waals surface area (Å²) in [6, 6.07) is 4.45. The molecule has 0 radical (unpaired) electrons. The molecule has 9 heteroatoms. The summed E-state index contributed by atoms with van der Waals surface area (Å²) in [4.78, 5) is 17.9. The molecule has 6 nitrogen and oxygen atoms in total. The van der Waals surface area contributed by atoms with Crippen molar-refractivity contribution < 1.29 is 9.18 Å². The van der Waals surface area contributed by atoms with Gasteiger partial charge in [-0.1, -0.05) is 25.4 Å². The zero-order chi connectivity index (χ0) is 18.8. The Morgan fingerprint density at radius 3 is 2.58 bits per heavy atom. The molecule has 0 bridgehead atoms. The van der Waals surface area contributed by atoms with E-state index in [2.05, 4.69) is 43.1 Å². The fourth-order valence-corrected chi connectivity index (χ4v) is 3.65. The van der Waals surface area contributed by atoms with E-state index in [9.17, 15) is 9.18 Å². The van der Waals surface area contributed by atoms with Crippen molar-refractivity contribution in [3.05, 3.63) is 62.3 Å². The first-order valence-corrected chi connectivity index (χ1v) is 9.15. The lowest BCUT2D eigenvalue weighted by molar-refractivity contribution is 0.102. The van der Waals surface area contributed by atoms with Crippen LogP contribution in [-0.4, -0.2) is 25.9 Å². The third-order valence-corrected chi connectivity index (χ3v) is 4.85. The van der Waals surface area contributed by atoms with E-state index in [1.807, 2.05) is 13.8 Å². The molecule has 0 spiro atoms. The number of benzene rings is 1. The van der Waals surface area contributed by atoms with Gasteiger partial charge >= 0.3 is 0 Å². The second kappa shape index (κ2) is 7.67. The molecule has 0 saturated heterocycles. The number of aromatic nitrogens is 4. The van der Waals surface area contributed by atoms with Gasteiger partial charge in [0.2, 0.25) is 0 Å². The molecule has 0 aliphatic carbocycles. The summed E-state index contributed by atoms with van der Waals surface area (Å²) in [6.07, 6.45) is 4.41. The Hall–Kier alpha value is -2.07. The maximum absolute atomic E-state index is 14.2. The van der Waals surface area contributed by atoms with E-state index >= 15 is 0 Å². The van der Waals surface area contributed by atoms with E-state index in [0.29, 0.717) is 11.5 Å². The lowest BCUT2D eigenvalue weighted by Crippen LogP contribution is -2.15. The van der Waals surface area contributed by atoms with Gasteiger partial charge in [-0.25, -0.2) is 9.37 Å². The molecule has 0 saturated carbocycles. The Morgan fingerprint density at radius 1 is 1.27 bits per heavy atom. The van der Waals surface area contributed by atoms with Gasteiger partial charge in [0.25, 0.3) is 5.91 Å². The van der Waals surface area contributed by atoms with Crippen LogP contribution in [0.4, 0.5) is 10.1 Å². The fourth-order valence-electron chi connectivity index (χ4n) is 2.35. The Kier molecular flexibility index (Phi) is 5.52. The van der Waals surface area contributed by atoms with Gasteiger partial charge in [-0.2, -0.15) is 10.2 Å². The van der Waals surface area contributed by atoms with E-state index in [1.54, 1.807) is 6.07 Å². The minimum absolute atomic E-state index is 0.0249. The van der Waals surface area contributed by atoms with Crippen molar-refractivity contribution >= 4 is 45.8 Å². The van der Waals surface area contributed by atoms with Crippen LogP contribution >= 0.6 is 34.2 Å². The Bertz CT molecular complexity index is 962. The van der Waals surface area contributed by atoms with Crippen molar-refractivity contribution in [2.75, 3.05) is 5.32 Å². The summed E-state index contributed by atoms with van der Waals surface area (Å²) < 4.78 is 15.0. The van der Waals surface area contributed by atoms with Gasteiger partial charge in [0.05, 0.1) is 34.9 Å². The topological polar surface area (TPSA) is 72.7 Å². The largest absolute Gasteiger partial charge is 0.320 e. The molecular formula is C17H14ClFIN5O. The molecule has 0 aliphatic rings. The molecule has 0 atom stereocenters. The lowest BCUT2D eigenvalue weighted by atomic mass is 10.00. The maximum Gasteiger partial charge on any atom is 0.258 e. The first-order chi connectivity index (χ1) is 12.4. The lowest BCUT2D eigenvalue weighted by Gasteiger charge is -2.13. The molecule has 2 heterocycles. The second-order valence-electron chi connectivity index (χ2n) is 5.81. The molecule has 26 heavy (non-hydrogen) atoms. The highest BCUT2D eigenvalue weighted by molar-refractivity contribution is 14.1. The molecule has 2 aromatic heterocycles. The average molecular weight is 486 g/mol. The third-order valence-electron chi connectivity index (χ3n) is 3.64. The Labute approximate surface area is 167 Å². The molecule has 3 rings (SSSR count). The third kappa shape index (κ3) is 3.85. The zero-order valence-electron chi connectivity index (χ0n) is 13.9. The van der Waals surface area contributed by atoms with Gasteiger partial charge in [0, 0.05) is 3.57 Å². The summed E-state index contributed by atoms with van der Waals surface area (Å²) in [5.74, 6) is -0.639. The smallest absolute Gasteiger partial charge is 0.258 e. The van der Waals surface area contributed by atoms with Crippen molar-refractivity contribution in [3.63, 3.8) is 0 Å². The number of pyridine rings is 1. The zero-order valence-corrected chi connectivity index (χ0v) is 16.8. The van der Waals surface area contributed by atoms with Gasteiger partial charge in [-0.3, -0.25) is 4.79 Å². The van der Waals surface area contributed by atoms with Crippen LogP contribution in [0.15, 0.2) is 36.8 Å². The van der Waals surface area contributed by atoms with Crippen molar-refractivity contribution in [3.8, 4) is 5.82 Å². The molecule has 0 aliphatic heterocycles. The summed E-state index contributed by atoms with van der Waals surface area (Å²) in [6.45, 7) is 3.98. The predicted octanol–water partition coefficient (Wildman–Crippen LogP) is 4.44. The Balaban J connectivity index is 1.87. The Morgan fingerprint density at radius 2 is 1.96 bits per heavy atom. The standard InChI is InChI=1S/C17H14ClFIN5O/c1-9(2)11-6-12(14(19)7-15(11)20)17(26)24-10-5-13(18)16(21-8-10)25-22-3-4-23-25/h3-9H,1-2H3,(H,24,26). The van der Waals surface area contributed by atoms with Crippen molar-refractivity contribution in [1.82, 2.24) is 20.0 Å². The molecule has 1 aromatic carbocycles. The molecule has 1 N–H and O–H groups in total. The fraction of sp³-hybridized carbons (Fsp3) is 0.176. The number of nitrogens with one attached hydrogen (secondary N) is 1. The quantitative estimate of drug-likeness (QED) is 0.555. The van der Waals surface area contributed by atoms with Crippen LogP contribution in [0.5, 0.6) is 0 Å². The van der Waals surface area contributed by atoms with Crippen LogP contribution in [0.1, 0.15) is 35.7 Å². The summed E-state index contributed by atoms with van der Waals surface area (Å²) in [5, 5.41) is 10.8. The summed E-state index contributed by atoms with van der Waals surface area (Å²) in [5.41, 5.74) is 1.23. The van der Waals surface area contributed by atoms with Crippen molar-refractivity contribution in [2.24, 2.45) is 0 Å². The van der Waals surface area contributed by atoms with Gasteiger partial charge in [0.15, 0.2) is 5.82 Å². The SMILES string of the molecule is CC(C)c1cc(C(=O)Nc2cnc(-n3nccn3)c(Cl)c2)c(F)cc1I. The first-order valence-electron chi connectivity index (χ1n) is 7.69. The maximum atomic E-state index is 14.2. The van der Waals surface area contributed by atoms with Crippen LogP contribution in [0.25, 0.3) is 5.82 Å². The molecule has 134 valence electrons. The van der Waals surface area contributed by atoms with E-state index in [4.69, 9.17) is 11.6 Å². The van der Waals surface area contributed by atoms with E-state index in [0.717, 1.165) is 9.13 Å².